The highest BCUT2D eigenvalue weighted by Crippen LogP contribution is 2.26. The molecule has 3 aromatic rings. The quantitative estimate of drug-likeness (QED) is 0.328. The van der Waals surface area contributed by atoms with Gasteiger partial charge in [-0.3, -0.25) is 29.6 Å². The summed E-state index contributed by atoms with van der Waals surface area (Å²) in [6, 6.07) is 24.0. The summed E-state index contributed by atoms with van der Waals surface area (Å²) in [5.41, 5.74) is 8.11. The minimum absolute atomic E-state index is 0.0137. The van der Waals surface area contributed by atoms with Crippen molar-refractivity contribution in [2.24, 2.45) is 10.7 Å². The molecular formula is C37H42N6O7. The first-order chi connectivity index (χ1) is 24.2. The Morgan fingerprint density at radius 3 is 2.00 bits per heavy atom. The first kappa shape index (κ1) is 35.6. The minimum atomic E-state index is -1.26. The lowest BCUT2D eigenvalue weighted by molar-refractivity contribution is -0.148. The Morgan fingerprint density at radius 2 is 1.40 bits per heavy atom. The average molecular weight is 683 g/mol. The van der Waals surface area contributed by atoms with E-state index in [-0.39, 0.29) is 51.5 Å². The van der Waals surface area contributed by atoms with Gasteiger partial charge in [-0.15, -0.1) is 0 Å². The SMILES string of the molecule is CN(C(=O)OCc1ccccc1)[C@H](Cc1ccccc1)C(=O)N1CCC[C@H]1C(=O)N(C(=O)OCc1ccccc1)[C@@H]1CCCN=C(N)NC1=O. The third-order valence-electron chi connectivity index (χ3n) is 8.76. The van der Waals surface area contributed by atoms with Crippen LogP contribution in [0.1, 0.15) is 42.4 Å². The Hall–Kier alpha value is -5.72. The maximum Gasteiger partial charge on any atom is 0.417 e. The number of nitrogens with two attached hydrogens (primary N) is 1. The Morgan fingerprint density at radius 1 is 0.840 bits per heavy atom. The molecule has 0 aliphatic carbocycles. The molecule has 5 amide bonds. The van der Waals surface area contributed by atoms with Crippen LogP contribution in [0.5, 0.6) is 0 Å². The van der Waals surface area contributed by atoms with Crippen molar-refractivity contribution in [1.82, 2.24) is 20.0 Å². The van der Waals surface area contributed by atoms with Crippen molar-refractivity contribution >= 4 is 35.9 Å². The van der Waals surface area contributed by atoms with E-state index in [1.807, 2.05) is 66.7 Å². The largest absolute Gasteiger partial charge is 0.445 e. The smallest absolute Gasteiger partial charge is 0.417 e. The molecule has 0 aromatic heterocycles. The number of likely N-dealkylation sites (N-methyl/N-ethyl adjacent to an activating group) is 1. The number of hydrogen-bond acceptors (Lipinski definition) is 9. The predicted molar refractivity (Wildman–Crippen MR) is 184 cm³/mol. The van der Waals surface area contributed by atoms with Crippen LogP contribution in [0.25, 0.3) is 0 Å². The fourth-order valence-corrected chi connectivity index (χ4v) is 6.09. The molecule has 1 saturated heterocycles. The molecule has 0 unspecified atom stereocenters. The summed E-state index contributed by atoms with van der Waals surface area (Å²) in [6.07, 6.45) is -0.380. The summed E-state index contributed by atoms with van der Waals surface area (Å²) in [7, 11) is 1.49. The fourth-order valence-electron chi connectivity index (χ4n) is 6.09. The fraction of sp³-hybridized carbons (Fsp3) is 0.351. The van der Waals surface area contributed by atoms with E-state index in [2.05, 4.69) is 10.3 Å². The summed E-state index contributed by atoms with van der Waals surface area (Å²) in [4.78, 5) is 76.9. The van der Waals surface area contributed by atoms with Crippen LogP contribution in [-0.4, -0.2) is 88.8 Å². The molecule has 5 rings (SSSR count). The maximum atomic E-state index is 14.5. The van der Waals surface area contributed by atoms with Crippen LogP contribution in [0, 0.1) is 0 Å². The third-order valence-corrected chi connectivity index (χ3v) is 8.76. The van der Waals surface area contributed by atoms with Gasteiger partial charge in [0.15, 0.2) is 5.96 Å². The van der Waals surface area contributed by atoms with Gasteiger partial charge in [0.05, 0.1) is 0 Å². The number of ether oxygens (including phenoxy) is 2. The molecule has 262 valence electrons. The van der Waals surface area contributed by atoms with Gasteiger partial charge in [0.25, 0.3) is 5.91 Å². The molecule has 0 spiro atoms. The van der Waals surface area contributed by atoms with E-state index in [9.17, 15) is 24.0 Å². The van der Waals surface area contributed by atoms with Gasteiger partial charge in [-0.25, -0.2) is 14.5 Å². The van der Waals surface area contributed by atoms with Crippen molar-refractivity contribution in [1.29, 1.82) is 0 Å². The second kappa shape index (κ2) is 17.1. The van der Waals surface area contributed by atoms with Crippen LogP contribution in [-0.2, 0) is 43.5 Å². The van der Waals surface area contributed by atoms with Gasteiger partial charge >= 0.3 is 12.2 Å². The van der Waals surface area contributed by atoms with Crippen molar-refractivity contribution in [2.75, 3.05) is 20.1 Å². The number of nitrogens with zero attached hydrogens (tertiary/aromatic N) is 4. The normalized spacial score (nSPS) is 18.1. The molecule has 2 aliphatic rings. The van der Waals surface area contributed by atoms with Crippen molar-refractivity contribution in [2.45, 2.75) is 63.4 Å². The van der Waals surface area contributed by atoms with Gasteiger partial charge < -0.3 is 20.1 Å². The van der Waals surface area contributed by atoms with Crippen LogP contribution < -0.4 is 11.1 Å². The number of imide groups is 1. The average Bonchev–Trinajstić information content (AvgIpc) is 3.63. The zero-order chi connectivity index (χ0) is 35.5. The zero-order valence-electron chi connectivity index (χ0n) is 28.0. The molecular weight excluding hydrogens is 640 g/mol. The number of likely N-dealkylation sites (tertiary alicyclic amines) is 1. The van der Waals surface area contributed by atoms with Gasteiger partial charge in [-0.2, -0.15) is 0 Å². The van der Waals surface area contributed by atoms with Crippen LogP contribution >= 0.6 is 0 Å². The van der Waals surface area contributed by atoms with Crippen LogP contribution in [0.4, 0.5) is 9.59 Å². The molecule has 13 nitrogen and oxygen atoms in total. The van der Waals surface area contributed by atoms with E-state index in [0.29, 0.717) is 18.4 Å². The van der Waals surface area contributed by atoms with E-state index in [0.717, 1.165) is 16.0 Å². The molecule has 50 heavy (non-hydrogen) atoms. The number of aliphatic imine (C=N–C) groups is 1. The number of rotatable bonds is 10. The van der Waals surface area contributed by atoms with E-state index >= 15 is 0 Å². The van der Waals surface area contributed by atoms with Gasteiger partial charge in [-0.1, -0.05) is 91.0 Å². The molecule has 13 heteroatoms. The summed E-state index contributed by atoms with van der Waals surface area (Å²) >= 11 is 0. The number of guanidine groups is 1. The Kier molecular flexibility index (Phi) is 12.2. The van der Waals surface area contributed by atoms with E-state index in [1.54, 1.807) is 24.3 Å². The third kappa shape index (κ3) is 9.04. The number of carbonyl (C=O) groups is 5. The molecule has 3 atom stereocenters. The number of nitrogens with one attached hydrogen (secondary N) is 1. The number of carbonyl (C=O) groups excluding carboxylic acids is 5. The van der Waals surface area contributed by atoms with Crippen molar-refractivity contribution in [3.63, 3.8) is 0 Å². The van der Waals surface area contributed by atoms with E-state index < -0.39 is 48.0 Å². The Bertz CT molecular complexity index is 1670. The van der Waals surface area contributed by atoms with Crippen LogP contribution in [0.2, 0.25) is 0 Å². The second-order valence-corrected chi connectivity index (χ2v) is 12.2. The van der Waals surface area contributed by atoms with Gasteiger partial charge in [0, 0.05) is 26.6 Å². The monoisotopic (exact) mass is 682 g/mol. The van der Waals surface area contributed by atoms with Crippen molar-refractivity contribution < 1.29 is 33.4 Å². The Balaban J connectivity index is 1.40. The number of benzene rings is 3. The molecule has 0 bridgehead atoms. The van der Waals surface area contributed by atoms with Gasteiger partial charge in [0.2, 0.25) is 11.8 Å². The summed E-state index contributed by atoms with van der Waals surface area (Å²) in [5.74, 6) is -2.04. The first-order valence-corrected chi connectivity index (χ1v) is 16.7. The first-order valence-electron chi connectivity index (χ1n) is 16.7. The molecule has 1 fully saturated rings. The van der Waals surface area contributed by atoms with Crippen LogP contribution in [0.15, 0.2) is 96.0 Å². The number of hydrogen-bond donors (Lipinski definition) is 2. The summed E-state index contributed by atoms with van der Waals surface area (Å²) < 4.78 is 11.1. The lowest BCUT2D eigenvalue weighted by atomic mass is 10.0. The van der Waals surface area contributed by atoms with Gasteiger partial charge in [0.1, 0.15) is 31.3 Å². The number of amides is 5. The highest BCUT2D eigenvalue weighted by atomic mass is 16.6. The minimum Gasteiger partial charge on any atom is -0.445 e. The van der Waals surface area contributed by atoms with E-state index in [1.165, 1.54) is 16.8 Å². The molecule has 2 heterocycles. The molecule has 0 radical (unpaired) electrons. The highest BCUT2D eigenvalue weighted by molar-refractivity contribution is 6.05. The molecule has 3 aromatic carbocycles. The lowest BCUT2D eigenvalue weighted by Crippen LogP contribution is -2.60. The molecule has 3 N–H and O–H groups in total. The Labute approximate surface area is 291 Å². The molecule has 2 aliphatic heterocycles. The highest BCUT2D eigenvalue weighted by Gasteiger charge is 2.46. The topological polar surface area (TPSA) is 164 Å². The zero-order valence-corrected chi connectivity index (χ0v) is 28.0. The van der Waals surface area contributed by atoms with Crippen molar-refractivity contribution in [3.05, 3.63) is 108 Å². The summed E-state index contributed by atoms with van der Waals surface area (Å²) in [5, 5.41) is 2.47. The molecule has 0 saturated carbocycles. The second-order valence-electron chi connectivity index (χ2n) is 12.2. The standard InChI is InChI=1S/C37H42N6O7/c1-41(36(47)49-24-27-15-7-3-8-16-27)31(23-26-13-5-2-6-14-26)33(45)42-22-12-20-30(42)34(46)43(29-19-11-21-39-35(38)40-32(29)44)37(48)50-25-28-17-9-4-10-18-28/h2-10,13-18,29-31H,11-12,19-25H2,1H3,(H3,38,39,40,44)/t29-,30+,31-/m1/s1. The van der Waals surface area contributed by atoms with Crippen molar-refractivity contribution in [3.8, 4) is 0 Å². The lowest BCUT2D eigenvalue weighted by Gasteiger charge is -2.36. The predicted octanol–water partition coefficient (Wildman–Crippen LogP) is 3.62. The van der Waals surface area contributed by atoms with Gasteiger partial charge in [-0.05, 0) is 42.4 Å². The van der Waals surface area contributed by atoms with E-state index in [4.69, 9.17) is 15.2 Å². The maximum absolute atomic E-state index is 14.5. The van der Waals surface area contributed by atoms with Crippen LogP contribution in [0.3, 0.4) is 0 Å². The summed E-state index contributed by atoms with van der Waals surface area (Å²) in [6.45, 7) is 0.367.